The Bertz CT molecular complexity index is 830. The van der Waals surface area contributed by atoms with Crippen molar-refractivity contribution in [3.63, 3.8) is 0 Å². The van der Waals surface area contributed by atoms with Gasteiger partial charge in [-0.25, -0.2) is 9.67 Å². The van der Waals surface area contributed by atoms with E-state index < -0.39 is 11.9 Å². The molecular formula is C18H21ClN4O3. The third kappa shape index (κ3) is 4.04. The number of aliphatic carboxylic acids is 1. The Hall–Kier alpha value is -2.41. The van der Waals surface area contributed by atoms with Gasteiger partial charge in [-0.3, -0.25) is 9.59 Å². The first-order valence-corrected chi connectivity index (χ1v) is 8.97. The van der Waals surface area contributed by atoms with E-state index in [1.807, 2.05) is 32.0 Å². The lowest BCUT2D eigenvalue weighted by atomic mass is 10.2. The summed E-state index contributed by atoms with van der Waals surface area (Å²) < 4.78 is 1.61. The number of carbonyl (C=O) groups excluding carboxylic acids is 1. The SMILES string of the molecule is CC(C)CN(CC(=O)O)C(=O)c1nc(C2CC2)n(-c2ccccc2Cl)n1. The Labute approximate surface area is 156 Å². The Balaban J connectivity index is 1.97. The molecule has 0 unspecified atom stereocenters. The molecule has 1 fully saturated rings. The molecule has 26 heavy (non-hydrogen) atoms. The first kappa shape index (κ1) is 18.4. The lowest BCUT2D eigenvalue weighted by Gasteiger charge is -2.21. The van der Waals surface area contributed by atoms with Crippen LogP contribution in [0.2, 0.25) is 5.02 Å². The summed E-state index contributed by atoms with van der Waals surface area (Å²) in [7, 11) is 0. The fourth-order valence-electron chi connectivity index (χ4n) is 2.79. The minimum atomic E-state index is -1.06. The van der Waals surface area contributed by atoms with Crippen LogP contribution in [0.15, 0.2) is 24.3 Å². The van der Waals surface area contributed by atoms with Crippen LogP contribution in [-0.4, -0.2) is 49.7 Å². The third-order valence-electron chi connectivity index (χ3n) is 4.05. The van der Waals surface area contributed by atoms with Crippen molar-refractivity contribution in [2.45, 2.75) is 32.6 Å². The van der Waals surface area contributed by atoms with Crippen LogP contribution in [-0.2, 0) is 4.79 Å². The number of nitrogens with zero attached hydrogens (tertiary/aromatic N) is 4. The molecular weight excluding hydrogens is 356 g/mol. The van der Waals surface area contributed by atoms with Crippen molar-refractivity contribution in [2.75, 3.05) is 13.1 Å². The molecule has 138 valence electrons. The average Bonchev–Trinajstić information content (AvgIpc) is 3.32. The predicted octanol–water partition coefficient (Wildman–Crippen LogP) is 2.98. The second-order valence-corrected chi connectivity index (χ2v) is 7.31. The van der Waals surface area contributed by atoms with Crippen LogP contribution in [0.5, 0.6) is 0 Å². The van der Waals surface area contributed by atoms with E-state index in [1.54, 1.807) is 10.7 Å². The lowest BCUT2D eigenvalue weighted by Crippen LogP contribution is -2.38. The maximum absolute atomic E-state index is 12.8. The van der Waals surface area contributed by atoms with Gasteiger partial charge in [-0.15, -0.1) is 5.10 Å². The van der Waals surface area contributed by atoms with E-state index in [1.165, 1.54) is 4.90 Å². The Morgan fingerprint density at radius 3 is 2.62 bits per heavy atom. The second-order valence-electron chi connectivity index (χ2n) is 6.90. The van der Waals surface area contributed by atoms with Gasteiger partial charge in [-0.1, -0.05) is 37.6 Å². The molecule has 1 aromatic carbocycles. The molecule has 1 aromatic heterocycles. The highest BCUT2D eigenvalue weighted by Crippen LogP contribution is 2.40. The number of carbonyl (C=O) groups is 2. The van der Waals surface area contributed by atoms with Gasteiger partial charge in [0.25, 0.3) is 5.91 Å². The van der Waals surface area contributed by atoms with E-state index in [4.69, 9.17) is 16.7 Å². The summed E-state index contributed by atoms with van der Waals surface area (Å²) in [6, 6.07) is 7.24. The van der Waals surface area contributed by atoms with Crippen LogP contribution in [0.3, 0.4) is 0 Å². The monoisotopic (exact) mass is 376 g/mol. The zero-order valence-electron chi connectivity index (χ0n) is 14.7. The number of halogens is 1. The smallest absolute Gasteiger partial charge is 0.323 e. The van der Waals surface area contributed by atoms with E-state index in [9.17, 15) is 9.59 Å². The average molecular weight is 377 g/mol. The van der Waals surface area contributed by atoms with Crippen molar-refractivity contribution >= 4 is 23.5 Å². The molecule has 3 rings (SSSR count). The largest absolute Gasteiger partial charge is 0.480 e. The molecule has 0 saturated heterocycles. The fourth-order valence-corrected chi connectivity index (χ4v) is 3.00. The van der Waals surface area contributed by atoms with Gasteiger partial charge in [0.15, 0.2) is 0 Å². The van der Waals surface area contributed by atoms with Gasteiger partial charge >= 0.3 is 5.97 Å². The van der Waals surface area contributed by atoms with Crippen LogP contribution in [0.1, 0.15) is 49.1 Å². The van der Waals surface area contributed by atoms with Crippen molar-refractivity contribution in [1.82, 2.24) is 19.7 Å². The molecule has 1 heterocycles. The maximum atomic E-state index is 12.8. The zero-order chi connectivity index (χ0) is 18.8. The molecule has 0 radical (unpaired) electrons. The van der Waals surface area contributed by atoms with E-state index in [-0.39, 0.29) is 24.2 Å². The van der Waals surface area contributed by atoms with Gasteiger partial charge in [0.2, 0.25) is 5.82 Å². The molecule has 1 amide bonds. The topological polar surface area (TPSA) is 88.3 Å². The fraction of sp³-hybridized carbons (Fsp3) is 0.444. The van der Waals surface area contributed by atoms with Gasteiger partial charge in [-0.05, 0) is 30.9 Å². The van der Waals surface area contributed by atoms with Crippen LogP contribution in [0.25, 0.3) is 5.69 Å². The minimum absolute atomic E-state index is 0.00807. The second kappa shape index (κ2) is 7.45. The predicted molar refractivity (Wildman–Crippen MR) is 96.7 cm³/mol. The van der Waals surface area contributed by atoms with Gasteiger partial charge in [0.05, 0.1) is 10.7 Å². The summed E-state index contributed by atoms with van der Waals surface area (Å²) in [5.41, 5.74) is 0.663. The quantitative estimate of drug-likeness (QED) is 0.802. The van der Waals surface area contributed by atoms with Gasteiger partial charge in [0, 0.05) is 12.5 Å². The molecule has 7 nitrogen and oxygen atoms in total. The minimum Gasteiger partial charge on any atom is -0.480 e. The summed E-state index contributed by atoms with van der Waals surface area (Å²) in [6.45, 7) is 3.79. The van der Waals surface area contributed by atoms with E-state index >= 15 is 0 Å². The molecule has 0 bridgehead atoms. The van der Waals surface area contributed by atoms with Crippen LogP contribution in [0, 0.1) is 5.92 Å². The molecule has 0 spiro atoms. The number of para-hydroxylation sites is 1. The summed E-state index contributed by atoms with van der Waals surface area (Å²) >= 11 is 6.28. The third-order valence-corrected chi connectivity index (χ3v) is 4.37. The lowest BCUT2D eigenvalue weighted by molar-refractivity contribution is -0.137. The van der Waals surface area contributed by atoms with Crippen molar-refractivity contribution in [3.8, 4) is 5.69 Å². The van der Waals surface area contributed by atoms with Gasteiger partial charge in [0.1, 0.15) is 12.4 Å². The Morgan fingerprint density at radius 1 is 1.35 bits per heavy atom. The number of rotatable bonds is 7. The molecule has 1 aliphatic rings. The first-order valence-electron chi connectivity index (χ1n) is 8.59. The van der Waals surface area contributed by atoms with E-state index in [0.717, 1.165) is 12.8 Å². The Kier molecular flexibility index (Phi) is 5.27. The molecule has 1 aliphatic carbocycles. The van der Waals surface area contributed by atoms with E-state index in [2.05, 4.69) is 10.1 Å². The number of hydrogen-bond donors (Lipinski definition) is 1. The highest BCUT2D eigenvalue weighted by Gasteiger charge is 2.33. The molecule has 1 saturated carbocycles. The number of amides is 1. The van der Waals surface area contributed by atoms with Crippen LogP contribution >= 0.6 is 11.6 Å². The molecule has 8 heteroatoms. The Morgan fingerprint density at radius 2 is 2.04 bits per heavy atom. The van der Waals surface area contributed by atoms with Crippen molar-refractivity contribution in [3.05, 3.63) is 40.9 Å². The number of aromatic nitrogens is 3. The molecule has 0 atom stereocenters. The number of carboxylic acids is 1. The summed E-state index contributed by atoms with van der Waals surface area (Å²) in [4.78, 5) is 29.7. The van der Waals surface area contributed by atoms with Crippen LogP contribution in [0.4, 0.5) is 0 Å². The molecule has 1 N–H and O–H groups in total. The van der Waals surface area contributed by atoms with E-state index in [0.29, 0.717) is 23.1 Å². The van der Waals surface area contributed by atoms with Gasteiger partial charge < -0.3 is 10.0 Å². The summed E-state index contributed by atoms with van der Waals surface area (Å²) in [6.07, 6.45) is 1.98. The normalized spacial score (nSPS) is 13.8. The number of hydrogen-bond acceptors (Lipinski definition) is 4. The number of benzene rings is 1. The highest BCUT2D eigenvalue weighted by molar-refractivity contribution is 6.32. The molecule has 2 aromatic rings. The highest BCUT2D eigenvalue weighted by atomic mass is 35.5. The van der Waals surface area contributed by atoms with Crippen molar-refractivity contribution in [1.29, 1.82) is 0 Å². The number of carboxylic acid groups (broad SMARTS) is 1. The summed E-state index contributed by atoms with van der Waals surface area (Å²) in [5, 5.41) is 14.0. The summed E-state index contributed by atoms with van der Waals surface area (Å²) in [5.74, 6) is -0.457. The van der Waals surface area contributed by atoms with Gasteiger partial charge in [-0.2, -0.15) is 0 Å². The maximum Gasteiger partial charge on any atom is 0.323 e. The van der Waals surface area contributed by atoms with Crippen molar-refractivity contribution in [2.24, 2.45) is 5.92 Å². The van der Waals surface area contributed by atoms with Crippen LogP contribution < -0.4 is 0 Å². The standard InChI is InChI=1S/C18H21ClN4O3/c1-11(2)9-22(10-15(24)25)18(26)16-20-17(12-7-8-12)23(21-16)14-6-4-3-5-13(14)19/h3-6,11-12H,7-10H2,1-2H3,(H,24,25). The van der Waals surface area contributed by atoms with Crippen molar-refractivity contribution < 1.29 is 14.7 Å². The first-order chi connectivity index (χ1) is 12.4. The zero-order valence-corrected chi connectivity index (χ0v) is 15.5. The molecule has 0 aliphatic heterocycles.